The fourth-order valence-corrected chi connectivity index (χ4v) is 6.30. The number of hydrogen-bond acceptors (Lipinski definition) is 6. The fraction of sp³-hybridized carbons (Fsp3) is 0.429. The molecule has 248 valence electrons. The molecule has 4 rings (SSSR count). The van der Waals surface area contributed by atoms with Gasteiger partial charge in [0.25, 0.3) is 0 Å². The molecule has 4 N–H and O–H groups in total. The molecule has 0 spiro atoms. The molecule has 1 saturated carbocycles. The summed E-state index contributed by atoms with van der Waals surface area (Å²) < 4.78 is 32.0. The van der Waals surface area contributed by atoms with Gasteiger partial charge in [0.05, 0.1) is 17.2 Å². The average molecular weight is 675 g/mol. The van der Waals surface area contributed by atoms with Gasteiger partial charge in [-0.05, 0) is 81.8 Å². The Morgan fingerprint density at radius 3 is 2.28 bits per heavy atom. The summed E-state index contributed by atoms with van der Waals surface area (Å²) in [5.41, 5.74) is 7.03. The van der Waals surface area contributed by atoms with Crippen molar-refractivity contribution in [3.63, 3.8) is 0 Å². The van der Waals surface area contributed by atoms with Gasteiger partial charge in [-0.1, -0.05) is 53.5 Å². The number of carbonyl (C=O) groups is 2. The monoisotopic (exact) mass is 673 g/mol. The first-order chi connectivity index (χ1) is 21.9. The maximum absolute atomic E-state index is 16.0. The molecule has 0 bridgehead atoms. The number of nitrogens with one attached hydrogen (secondary N) is 2. The minimum atomic E-state index is -0.803. The summed E-state index contributed by atoms with van der Waals surface area (Å²) in [6, 6.07) is 16.2. The zero-order valence-corrected chi connectivity index (χ0v) is 28.1. The van der Waals surface area contributed by atoms with Crippen LogP contribution in [0.4, 0.5) is 9.18 Å². The Hall–Kier alpha value is -3.37. The fourth-order valence-electron chi connectivity index (χ4n) is 5.69. The van der Waals surface area contributed by atoms with Gasteiger partial charge in [-0.15, -0.1) is 0 Å². The highest BCUT2D eigenvalue weighted by Gasteiger charge is 2.28. The van der Waals surface area contributed by atoms with Gasteiger partial charge in [-0.2, -0.15) is 0 Å². The Bertz CT molecular complexity index is 1510. The highest BCUT2D eigenvalue weighted by Crippen LogP contribution is 2.42. The predicted octanol–water partition coefficient (Wildman–Crippen LogP) is 7.48. The molecule has 3 aromatic carbocycles. The van der Waals surface area contributed by atoms with Crippen LogP contribution in [0.5, 0.6) is 5.75 Å². The quantitative estimate of drug-likeness (QED) is 0.172. The lowest BCUT2D eigenvalue weighted by Crippen LogP contribution is -2.44. The number of nitrogens with two attached hydrogens (primary N) is 1. The number of amides is 2. The molecule has 0 saturated heterocycles. The topological polar surface area (TPSA) is 112 Å². The molecule has 0 aliphatic heterocycles. The normalized spacial score (nSPS) is 17.3. The van der Waals surface area contributed by atoms with E-state index in [0.717, 1.165) is 31.2 Å². The summed E-state index contributed by atoms with van der Waals surface area (Å²) in [6.07, 6.45) is 2.96. The summed E-state index contributed by atoms with van der Waals surface area (Å²) in [7, 11) is 1.52. The Balaban J connectivity index is 1.61. The van der Waals surface area contributed by atoms with Gasteiger partial charge in [-0.25, -0.2) is 9.18 Å². The Kier molecular flexibility index (Phi) is 12.3. The molecular formula is C35H42Cl2FN3O5. The highest BCUT2D eigenvalue weighted by molar-refractivity contribution is 6.37. The van der Waals surface area contributed by atoms with Crippen LogP contribution in [0.2, 0.25) is 10.0 Å². The van der Waals surface area contributed by atoms with Gasteiger partial charge in [0.2, 0.25) is 5.91 Å². The third-order valence-corrected chi connectivity index (χ3v) is 8.55. The van der Waals surface area contributed by atoms with Crippen LogP contribution in [0.15, 0.2) is 54.6 Å². The van der Waals surface area contributed by atoms with Crippen LogP contribution in [0.3, 0.4) is 0 Å². The first-order valence-corrected chi connectivity index (χ1v) is 16.1. The average Bonchev–Trinajstić information content (AvgIpc) is 2.99. The third kappa shape index (κ3) is 9.35. The molecule has 8 nitrogen and oxygen atoms in total. The number of halogens is 3. The zero-order chi connectivity index (χ0) is 33.4. The molecular weight excluding hydrogens is 632 g/mol. The largest absolute Gasteiger partial charge is 0.488 e. The van der Waals surface area contributed by atoms with Gasteiger partial charge in [0.1, 0.15) is 12.2 Å². The maximum atomic E-state index is 16.0. The maximum Gasteiger partial charge on any atom is 0.407 e. The lowest BCUT2D eigenvalue weighted by molar-refractivity contribution is 0.0489. The van der Waals surface area contributed by atoms with Gasteiger partial charge in [0, 0.05) is 47.8 Å². The number of carbonyl (C=O) groups excluding carboxylic acids is 2. The molecule has 0 heterocycles. The summed E-state index contributed by atoms with van der Waals surface area (Å²) in [5.74, 6) is -1.84. The zero-order valence-electron chi connectivity index (χ0n) is 26.6. The summed E-state index contributed by atoms with van der Waals surface area (Å²) in [4.78, 5) is 24.7. The van der Waals surface area contributed by atoms with E-state index in [-0.39, 0.29) is 58.7 Å². The van der Waals surface area contributed by atoms with Gasteiger partial charge in [-0.3, -0.25) is 4.79 Å². The van der Waals surface area contributed by atoms with Gasteiger partial charge >= 0.3 is 6.09 Å². The van der Waals surface area contributed by atoms with Crippen LogP contribution in [0.25, 0.3) is 11.1 Å². The molecule has 1 aliphatic carbocycles. The van der Waals surface area contributed by atoms with E-state index in [1.165, 1.54) is 19.2 Å². The number of primary amides is 1. The molecule has 0 aromatic heterocycles. The number of methoxy groups -OCH3 is 1. The third-order valence-electron chi connectivity index (χ3n) is 7.91. The van der Waals surface area contributed by atoms with Gasteiger partial charge < -0.3 is 30.6 Å². The van der Waals surface area contributed by atoms with E-state index in [9.17, 15) is 9.59 Å². The van der Waals surface area contributed by atoms with E-state index in [2.05, 4.69) is 10.6 Å². The van der Waals surface area contributed by atoms with Crippen LogP contribution >= 0.6 is 23.2 Å². The Morgan fingerprint density at radius 2 is 1.65 bits per heavy atom. The van der Waals surface area contributed by atoms with Crippen molar-refractivity contribution in [1.82, 2.24) is 10.6 Å². The van der Waals surface area contributed by atoms with Crippen LogP contribution in [-0.4, -0.2) is 56.6 Å². The second kappa shape index (κ2) is 16.0. The van der Waals surface area contributed by atoms with Crippen molar-refractivity contribution < 1.29 is 28.2 Å². The van der Waals surface area contributed by atoms with Crippen molar-refractivity contribution in [3.05, 3.63) is 87.2 Å². The number of alkyl carbamates (subject to hydrolysis) is 1. The molecule has 46 heavy (non-hydrogen) atoms. The number of benzene rings is 3. The Morgan fingerprint density at radius 1 is 0.978 bits per heavy atom. The van der Waals surface area contributed by atoms with E-state index in [0.29, 0.717) is 17.1 Å². The summed E-state index contributed by atoms with van der Waals surface area (Å²) in [6.45, 7) is 6.43. The second-order valence-electron chi connectivity index (χ2n) is 12.4. The molecule has 0 radical (unpaired) electrons. The second-order valence-corrected chi connectivity index (χ2v) is 13.2. The number of ether oxygens (including phenoxy) is 3. The molecule has 1 atom stereocenters. The predicted molar refractivity (Wildman–Crippen MR) is 179 cm³/mol. The SMILES string of the molecule is COCCOc1ccc(C(N)=O)c(-c2cc(C(CNC3CCC(NC(=O)OC(C)(C)C)CC3)c3ccccc3)c(Cl)cc2Cl)c1F. The van der Waals surface area contributed by atoms with E-state index in [4.69, 9.17) is 43.1 Å². The van der Waals surface area contributed by atoms with Crippen molar-refractivity contribution >= 4 is 35.2 Å². The van der Waals surface area contributed by atoms with Crippen molar-refractivity contribution in [1.29, 1.82) is 0 Å². The first-order valence-electron chi connectivity index (χ1n) is 15.4. The molecule has 2 amide bonds. The molecule has 1 aliphatic rings. The lowest BCUT2D eigenvalue weighted by atomic mass is 9.86. The number of hydrogen-bond donors (Lipinski definition) is 3. The van der Waals surface area contributed by atoms with Crippen molar-refractivity contribution in [2.45, 2.75) is 70.1 Å². The van der Waals surface area contributed by atoms with Crippen LogP contribution in [0, 0.1) is 5.82 Å². The standard InChI is InChI=1S/C35H42Cl2FN3O5/c1-35(2,3)46-34(43)41-23-12-10-22(11-13-23)40-20-27(21-8-6-5-7-9-21)25-18-26(29(37)19-28(25)36)31-24(33(39)42)14-15-30(32(31)38)45-17-16-44-4/h5-9,14-15,18-19,22-23,27,40H,10-13,16-17,20H2,1-4H3,(H2,39,42)(H,41,43). The minimum absolute atomic E-state index is 0.0297. The number of rotatable bonds is 12. The highest BCUT2D eigenvalue weighted by atomic mass is 35.5. The Labute approximate surface area is 280 Å². The van der Waals surface area contributed by atoms with Crippen LogP contribution in [-0.2, 0) is 9.47 Å². The summed E-state index contributed by atoms with van der Waals surface area (Å²) in [5, 5.41) is 7.25. The van der Waals surface area contributed by atoms with E-state index < -0.39 is 23.4 Å². The smallest absolute Gasteiger partial charge is 0.407 e. The van der Waals surface area contributed by atoms with E-state index in [1.54, 1.807) is 12.1 Å². The lowest BCUT2D eigenvalue weighted by Gasteiger charge is -2.32. The van der Waals surface area contributed by atoms with E-state index >= 15 is 4.39 Å². The minimum Gasteiger partial charge on any atom is -0.488 e. The van der Waals surface area contributed by atoms with Crippen molar-refractivity contribution in [2.24, 2.45) is 5.73 Å². The van der Waals surface area contributed by atoms with Crippen molar-refractivity contribution in [3.8, 4) is 16.9 Å². The van der Waals surface area contributed by atoms with E-state index in [1.807, 2.05) is 51.1 Å². The molecule has 11 heteroatoms. The molecule has 3 aromatic rings. The molecule has 1 unspecified atom stereocenters. The van der Waals surface area contributed by atoms with Crippen LogP contribution in [0.1, 0.15) is 73.9 Å². The summed E-state index contributed by atoms with van der Waals surface area (Å²) >= 11 is 13.5. The van der Waals surface area contributed by atoms with Crippen LogP contribution < -0.4 is 21.1 Å². The van der Waals surface area contributed by atoms with Gasteiger partial charge in [0.15, 0.2) is 11.6 Å². The van der Waals surface area contributed by atoms with Crippen molar-refractivity contribution in [2.75, 3.05) is 26.9 Å². The molecule has 1 fully saturated rings. The first kappa shape index (κ1) is 35.5.